The lowest BCUT2D eigenvalue weighted by Gasteiger charge is -2.11. The molecule has 94 valence electrons. The van der Waals surface area contributed by atoms with Crippen LogP contribution in [0.3, 0.4) is 0 Å². The zero-order valence-corrected chi connectivity index (χ0v) is 11.0. The highest BCUT2D eigenvalue weighted by atomic mass is 35.5. The summed E-state index contributed by atoms with van der Waals surface area (Å²) in [4.78, 5) is 11.9. The van der Waals surface area contributed by atoms with Crippen LogP contribution in [-0.2, 0) is 11.8 Å². The number of nitrogens with zero attached hydrogens (tertiary/aromatic N) is 1. The second-order valence-corrected chi connectivity index (χ2v) is 4.84. The quantitative estimate of drug-likeness (QED) is 0.920. The van der Waals surface area contributed by atoms with Crippen LogP contribution < -0.4 is 5.32 Å². The number of hydrogen-bond donors (Lipinski definition) is 1. The standard InChI is InChI=1S/C11H14Cl2N2O2/c1-15-9(5-8(12)10(15)13)11(16)14-6-7-3-2-4-17-7/h5,7H,2-4,6H2,1H3,(H,14,16)/t7-/m1/s1. The van der Waals surface area contributed by atoms with E-state index in [0.717, 1.165) is 19.4 Å². The summed E-state index contributed by atoms with van der Waals surface area (Å²) in [6.45, 7) is 1.31. The minimum Gasteiger partial charge on any atom is -0.376 e. The third-order valence-corrected chi connectivity index (χ3v) is 3.71. The fourth-order valence-electron chi connectivity index (χ4n) is 1.86. The maximum absolute atomic E-state index is 11.9. The van der Waals surface area contributed by atoms with Gasteiger partial charge in [0.15, 0.2) is 0 Å². The molecule has 6 heteroatoms. The largest absolute Gasteiger partial charge is 0.376 e. The molecule has 1 atom stereocenters. The monoisotopic (exact) mass is 276 g/mol. The first-order valence-electron chi connectivity index (χ1n) is 5.50. The van der Waals surface area contributed by atoms with Crippen LogP contribution in [-0.4, -0.2) is 29.7 Å². The first kappa shape index (κ1) is 12.7. The first-order valence-corrected chi connectivity index (χ1v) is 6.25. The van der Waals surface area contributed by atoms with E-state index in [-0.39, 0.29) is 12.0 Å². The fourth-order valence-corrected chi connectivity index (χ4v) is 2.24. The highest BCUT2D eigenvalue weighted by Gasteiger charge is 2.19. The van der Waals surface area contributed by atoms with Gasteiger partial charge in [-0.05, 0) is 18.9 Å². The predicted octanol–water partition coefficient (Wildman–Crippen LogP) is 2.24. The van der Waals surface area contributed by atoms with E-state index in [1.54, 1.807) is 17.7 Å². The van der Waals surface area contributed by atoms with Gasteiger partial charge >= 0.3 is 0 Å². The number of rotatable bonds is 3. The molecule has 0 saturated carbocycles. The summed E-state index contributed by atoms with van der Waals surface area (Å²) in [5, 5.41) is 3.58. The van der Waals surface area contributed by atoms with Crippen LogP contribution in [0.1, 0.15) is 23.3 Å². The van der Waals surface area contributed by atoms with E-state index in [2.05, 4.69) is 5.32 Å². The van der Waals surface area contributed by atoms with Crippen molar-refractivity contribution in [2.75, 3.05) is 13.2 Å². The second kappa shape index (κ2) is 5.29. The van der Waals surface area contributed by atoms with Crippen molar-refractivity contribution >= 4 is 29.1 Å². The van der Waals surface area contributed by atoms with Gasteiger partial charge in [0, 0.05) is 20.2 Å². The van der Waals surface area contributed by atoms with Gasteiger partial charge in [-0.3, -0.25) is 4.79 Å². The fraction of sp³-hybridized carbons (Fsp3) is 0.545. The van der Waals surface area contributed by atoms with Gasteiger partial charge in [0.25, 0.3) is 5.91 Å². The summed E-state index contributed by atoms with van der Waals surface area (Å²) in [5.74, 6) is -0.184. The molecule has 1 fully saturated rings. The molecule has 0 aromatic carbocycles. The number of carbonyl (C=O) groups excluding carboxylic acids is 1. The average Bonchev–Trinajstić information content (AvgIpc) is 2.91. The number of amides is 1. The topological polar surface area (TPSA) is 43.3 Å². The van der Waals surface area contributed by atoms with Gasteiger partial charge in [-0.15, -0.1) is 0 Å². The van der Waals surface area contributed by atoms with Crippen molar-refractivity contribution in [3.8, 4) is 0 Å². The zero-order valence-electron chi connectivity index (χ0n) is 9.50. The van der Waals surface area contributed by atoms with E-state index in [0.29, 0.717) is 22.4 Å². The Kier molecular flexibility index (Phi) is 3.97. The minimum absolute atomic E-state index is 0.130. The molecule has 2 rings (SSSR count). The molecule has 0 radical (unpaired) electrons. The van der Waals surface area contributed by atoms with E-state index in [1.165, 1.54) is 0 Å². The van der Waals surface area contributed by atoms with Crippen molar-refractivity contribution in [2.45, 2.75) is 18.9 Å². The summed E-state index contributed by atoms with van der Waals surface area (Å²) in [5.41, 5.74) is 0.456. The molecule has 1 saturated heterocycles. The zero-order chi connectivity index (χ0) is 12.4. The van der Waals surface area contributed by atoms with Crippen molar-refractivity contribution in [1.29, 1.82) is 0 Å². The van der Waals surface area contributed by atoms with Gasteiger partial charge in [0.1, 0.15) is 10.8 Å². The van der Waals surface area contributed by atoms with E-state index < -0.39 is 0 Å². The van der Waals surface area contributed by atoms with Crippen LogP contribution in [0.4, 0.5) is 0 Å². The molecule has 1 aromatic heterocycles. The number of ether oxygens (including phenoxy) is 1. The van der Waals surface area contributed by atoms with Gasteiger partial charge in [0.05, 0.1) is 11.1 Å². The van der Waals surface area contributed by atoms with Crippen molar-refractivity contribution < 1.29 is 9.53 Å². The molecule has 1 amide bonds. The first-order chi connectivity index (χ1) is 8.09. The molecule has 0 spiro atoms. The highest BCUT2D eigenvalue weighted by molar-refractivity contribution is 6.41. The molecule has 0 unspecified atom stereocenters. The van der Waals surface area contributed by atoms with Crippen molar-refractivity contribution in [3.05, 3.63) is 21.9 Å². The van der Waals surface area contributed by atoms with Crippen LogP contribution in [0.15, 0.2) is 6.07 Å². The lowest BCUT2D eigenvalue weighted by molar-refractivity contribution is 0.0851. The molecule has 1 aliphatic rings. The molecule has 1 aliphatic heterocycles. The van der Waals surface area contributed by atoms with Gasteiger partial charge in [0.2, 0.25) is 0 Å². The highest BCUT2D eigenvalue weighted by Crippen LogP contribution is 2.25. The Hall–Kier alpha value is -0.710. The maximum atomic E-state index is 11.9. The molecule has 0 aliphatic carbocycles. The van der Waals surface area contributed by atoms with Gasteiger partial charge in [-0.25, -0.2) is 0 Å². The SMILES string of the molecule is Cn1c(C(=O)NC[C@H]2CCCO2)cc(Cl)c1Cl. The molecule has 1 aromatic rings. The van der Waals surface area contributed by atoms with E-state index >= 15 is 0 Å². The number of aromatic nitrogens is 1. The average molecular weight is 277 g/mol. The Morgan fingerprint density at radius 1 is 1.65 bits per heavy atom. The Balaban J connectivity index is 1.96. The van der Waals surface area contributed by atoms with Gasteiger partial charge < -0.3 is 14.6 Å². The smallest absolute Gasteiger partial charge is 0.268 e. The molecule has 0 bridgehead atoms. The minimum atomic E-state index is -0.184. The molecule has 4 nitrogen and oxygen atoms in total. The van der Waals surface area contributed by atoms with Crippen LogP contribution in [0.2, 0.25) is 10.2 Å². The van der Waals surface area contributed by atoms with Crippen molar-refractivity contribution in [3.63, 3.8) is 0 Å². The van der Waals surface area contributed by atoms with Crippen LogP contribution >= 0.6 is 23.2 Å². The predicted molar refractivity (Wildman–Crippen MR) is 66.7 cm³/mol. The number of carbonyl (C=O) groups is 1. The third-order valence-electron chi connectivity index (χ3n) is 2.86. The lowest BCUT2D eigenvalue weighted by atomic mass is 10.2. The molecule has 2 heterocycles. The molecular weight excluding hydrogens is 263 g/mol. The summed E-state index contributed by atoms with van der Waals surface area (Å²) < 4.78 is 6.99. The summed E-state index contributed by atoms with van der Waals surface area (Å²) in [7, 11) is 1.70. The summed E-state index contributed by atoms with van der Waals surface area (Å²) in [6, 6.07) is 1.56. The molecule has 1 N–H and O–H groups in total. The van der Waals surface area contributed by atoms with Crippen molar-refractivity contribution in [2.24, 2.45) is 7.05 Å². The maximum Gasteiger partial charge on any atom is 0.268 e. The summed E-state index contributed by atoms with van der Waals surface area (Å²) in [6.07, 6.45) is 2.18. The second-order valence-electron chi connectivity index (χ2n) is 4.07. The normalized spacial score (nSPS) is 19.6. The Morgan fingerprint density at radius 2 is 2.41 bits per heavy atom. The van der Waals surface area contributed by atoms with Crippen LogP contribution in [0.25, 0.3) is 0 Å². The van der Waals surface area contributed by atoms with E-state index in [9.17, 15) is 4.79 Å². The third kappa shape index (κ3) is 2.76. The van der Waals surface area contributed by atoms with E-state index in [1.807, 2.05) is 0 Å². The summed E-state index contributed by atoms with van der Waals surface area (Å²) >= 11 is 11.7. The lowest BCUT2D eigenvalue weighted by Crippen LogP contribution is -2.32. The number of hydrogen-bond acceptors (Lipinski definition) is 2. The molecular formula is C11H14Cl2N2O2. The Labute approximate surface area is 110 Å². The molecule has 17 heavy (non-hydrogen) atoms. The number of halogens is 2. The van der Waals surface area contributed by atoms with Gasteiger partial charge in [-0.1, -0.05) is 23.2 Å². The van der Waals surface area contributed by atoms with Crippen LogP contribution in [0.5, 0.6) is 0 Å². The van der Waals surface area contributed by atoms with Crippen molar-refractivity contribution in [1.82, 2.24) is 9.88 Å². The van der Waals surface area contributed by atoms with E-state index in [4.69, 9.17) is 27.9 Å². The number of nitrogens with one attached hydrogen (secondary N) is 1. The van der Waals surface area contributed by atoms with Gasteiger partial charge in [-0.2, -0.15) is 0 Å². The Bertz CT molecular complexity index is 425. The Morgan fingerprint density at radius 3 is 2.94 bits per heavy atom. The van der Waals surface area contributed by atoms with Crippen LogP contribution in [0, 0.1) is 0 Å².